The summed E-state index contributed by atoms with van der Waals surface area (Å²) < 4.78 is 16.3. The number of rotatable bonds is 7. The number of pyridine rings is 1. The van der Waals surface area contributed by atoms with Gasteiger partial charge in [0.05, 0.1) is 31.9 Å². The van der Waals surface area contributed by atoms with Gasteiger partial charge in [-0.15, -0.1) is 0 Å². The molecule has 1 saturated carbocycles. The molecule has 7 heteroatoms. The Labute approximate surface area is 182 Å². The lowest BCUT2D eigenvalue weighted by Crippen LogP contribution is -2.43. The largest absolute Gasteiger partial charge is 0.493 e. The Morgan fingerprint density at radius 2 is 1.84 bits per heavy atom. The van der Waals surface area contributed by atoms with E-state index in [0.29, 0.717) is 29.5 Å². The van der Waals surface area contributed by atoms with Gasteiger partial charge in [0.15, 0.2) is 17.3 Å². The Balaban J connectivity index is 1.57. The smallest absolute Gasteiger partial charge is 0.233 e. The van der Waals surface area contributed by atoms with E-state index in [-0.39, 0.29) is 5.91 Å². The van der Waals surface area contributed by atoms with Crippen LogP contribution < -0.4 is 9.47 Å². The van der Waals surface area contributed by atoms with E-state index in [0.717, 1.165) is 36.9 Å². The van der Waals surface area contributed by atoms with Crippen molar-refractivity contribution >= 4 is 5.91 Å². The van der Waals surface area contributed by atoms with Crippen molar-refractivity contribution in [3.8, 4) is 22.9 Å². The zero-order valence-electron chi connectivity index (χ0n) is 18.1. The highest BCUT2D eigenvalue weighted by Crippen LogP contribution is 2.45. The number of carbonyl (C=O) groups is 1. The average Bonchev–Trinajstić information content (AvgIpc) is 3.49. The Morgan fingerprint density at radius 1 is 1.06 bits per heavy atom. The van der Waals surface area contributed by atoms with Gasteiger partial charge in [-0.25, -0.2) is 0 Å². The van der Waals surface area contributed by atoms with Gasteiger partial charge in [0.25, 0.3) is 0 Å². The quantitative estimate of drug-likeness (QED) is 0.568. The highest BCUT2D eigenvalue weighted by atomic mass is 16.5. The average molecular weight is 421 g/mol. The van der Waals surface area contributed by atoms with E-state index in [1.54, 1.807) is 25.3 Å². The third-order valence-corrected chi connectivity index (χ3v) is 6.03. The van der Waals surface area contributed by atoms with Crippen LogP contribution in [0, 0.1) is 0 Å². The topological polar surface area (TPSA) is 77.7 Å². The second-order valence-electron chi connectivity index (χ2n) is 7.91. The molecular weight excluding hydrogens is 394 g/mol. The van der Waals surface area contributed by atoms with E-state index in [9.17, 15) is 4.79 Å². The number of likely N-dealkylation sites (N-methyl/N-ethyl adjacent to an activating group) is 1. The number of amides is 1. The predicted octanol–water partition coefficient (Wildman–Crippen LogP) is 4.22. The van der Waals surface area contributed by atoms with Gasteiger partial charge in [0.1, 0.15) is 5.69 Å². The molecule has 2 heterocycles. The minimum atomic E-state index is -0.571. The van der Waals surface area contributed by atoms with Crippen LogP contribution in [-0.2, 0) is 16.8 Å². The molecule has 7 nitrogen and oxygen atoms in total. The molecule has 2 aromatic heterocycles. The van der Waals surface area contributed by atoms with Crippen molar-refractivity contribution in [3.63, 3.8) is 0 Å². The molecule has 0 aliphatic heterocycles. The SMILES string of the molecule is COc1ccc(C2(C(=O)N(C)Cc3cc(-c4ccccn4)no3)CCCC2)cc1OC. The summed E-state index contributed by atoms with van der Waals surface area (Å²) in [5.41, 5.74) is 1.79. The first-order valence-corrected chi connectivity index (χ1v) is 10.4. The van der Waals surface area contributed by atoms with Crippen molar-refractivity contribution in [2.75, 3.05) is 21.3 Å². The fourth-order valence-electron chi connectivity index (χ4n) is 4.43. The number of methoxy groups -OCH3 is 2. The third kappa shape index (κ3) is 4.00. The fraction of sp³-hybridized carbons (Fsp3) is 0.375. The minimum absolute atomic E-state index is 0.0769. The first-order valence-electron chi connectivity index (χ1n) is 10.4. The lowest BCUT2D eigenvalue weighted by atomic mass is 9.77. The first-order chi connectivity index (χ1) is 15.1. The molecule has 1 aliphatic carbocycles. The van der Waals surface area contributed by atoms with Crippen molar-refractivity contribution in [1.29, 1.82) is 0 Å². The molecule has 1 fully saturated rings. The molecular formula is C24H27N3O4. The van der Waals surface area contributed by atoms with E-state index < -0.39 is 5.41 Å². The molecule has 0 unspecified atom stereocenters. The van der Waals surface area contributed by atoms with Crippen molar-refractivity contribution in [1.82, 2.24) is 15.0 Å². The van der Waals surface area contributed by atoms with E-state index in [1.165, 1.54) is 0 Å². The maximum Gasteiger partial charge on any atom is 0.233 e. The normalized spacial score (nSPS) is 14.9. The Morgan fingerprint density at radius 3 is 2.52 bits per heavy atom. The summed E-state index contributed by atoms with van der Waals surface area (Å²) in [7, 11) is 5.03. The molecule has 0 atom stereocenters. The van der Waals surface area contributed by atoms with Gasteiger partial charge in [0.2, 0.25) is 5.91 Å². The second-order valence-corrected chi connectivity index (χ2v) is 7.91. The molecule has 0 bridgehead atoms. The Bertz CT molecular complexity index is 1040. The first kappa shape index (κ1) is 20.9. The van der Waals surface area contributed by atoms with Crippen molar-refractivity contribution in [2.24, 2.45) is 0 Å². The van der Waals surface area contributed by atoms with Gasteiger partial charge in [-0.05, 0) is 42.7 Å². The summed E-state index contributed by atoms with van der Waals surface area (Å²) in [6.45, 7) is 0.341. The van der Waals surface area contributed by atoms with Gasteiger partial charge in [-0.3, -0.25) is 9.78 Å². The molecule has 1 amide bonds. The summed E-state index contributed by atoms with van der Waals surface area (Å²) in [5, 5.41) is 4.11. The fourth-order valence-corrected chi connectivity index (χ4v) is 4.43. The molecule has 31 heavy (non-hydrogen) atoms. The summed E-state index contributed by atoms with van der Waals surface area (Å²) in [4.78, 5) is 19.7. The van der Waals surface area contributed by atoms with E-state index in [2.05, 4.69) is 10.1 Å². The van der Waals surface area contributed by atoms with Crippen LogP contribution in [0.3, 0.4) is 0 Å². The molecule has 0 radical (unpaired) electrons. The molecule has 0 N–H and O–H groups in total. The van der Waals surface area contributed by atoms with Crippen LogP contribution in [0.15, 0.2) is 53.2 Å². The van der Waals surface area contributed by atoms with Gasteiger partial charge in [-0.2, -0.15) is 0 Å². The number of hydrogen-bond donors (Lipinski definition) is 0. The van der Waals surface area contributed by atoms with Gasteiger partial charge in [-0.1, -0.05) is 30.1 Å². The number of carbonyl (C=O) groups excluding carboxylic acids is 1. The van der Waals surface area contributed by atoms with Crippen LogP contribution in [0.25, 0.3) is 11.4 Å². The van der Waals surface area contributed by atoms with E-state index in [4.69, 9.17) is 14.0 Å². The highest BCUT2D eigenvalue weighted by molar-refractivity contribution is 5.88. The minimum Gasteiger partial charge on any atom is -0.493 e. The molecule has 3 aromatic rings. The van der Waals surface area contributed by atoms with Crippen LogP contribution in [-0.4, -0.2) is 42.2 Å². The molecule has 1 aliphatic rings. The number of ether oxygens (including phenoxy) is 2. The standard InChI is InChI=1S/C24H27N3O4/c1-27(16-18-15-20(26-31-18)19-8-4-7-13-25-19)23(28)24(11-5-6-12-24)17-9-10-21(29-2)22(14-17)30-3/h4,7-10,13-15H,5-6,11-12,16H2,1-3H3. The van der Waals surface area contributed by atoms with Gasteiger partial charge >= 0.3 is 0 Å². The van der Waals surface area contributed by atoms with Crippen molar-refractivity contribution in [3.05, 3.63) is 60.0 Å². The highest BCUT2D eigenvalue weighted by Gasteiger charge is 2.44. The molecule has 4 rings (SSSR count). The van der Waals surface area contributed by atoms with Crippen molar-refractivity contribution < 1.29 is 18.8 Å². The number of benzene rings is 1. The zero-order chi connectivity index (χ0) is 21.8. The predicted molar refractivity (Wildman–Crippen MR) is 116 cm³/mol. The van der Waals surface area contributed by atoms with Crippen molar-refractivity contribution in [2.45, 2.75) is 37.6 Å². The lowest BCUT2D eigenvalue weighted by Gasteiger charge is -2.33. The maximum atomic E-state index is 13.7. The number of hydrogen-bond acceptors (Lipinski definition) is 6. The van der Waals surface area contributed by atoms with Crippen LogP contribution in [0.4, 0.5) is 0 Å². The van der Waals surface area contributed by atoms with E-state index >= 15 is 0 Å². The number of nitrogens with zero attached hydrogens (tertiary/aromatic N) is 3. The van der Waals surface area contributed by atoms with Crippen LogP contribution >= 0.6 is 0 Å². The Kier molecular flexibility index (Phi) is 5.93. The summed E-state index contributed by atoms with van der Waals surface area (Å²) in [5.74, 6) is 1.99. The summed E-state index contributed by atoms with van der Waals surface area (Å²) in [6, 6.07) is 13.3. The molecule has 1 aromatic carbocycles. The van der Waals surface area contributed by atoms with Crippen LogP contribution in [0.1, 0.15) is 37.0 Å². The monoisotopic (exact) mass is 421 g/mol. The molecule has 162 valence electrons. The zero-order valence-corrected chi connectivity index (χ0v) is 18.1. The van der Waals surface area contributed by atoms with Crippen LogP contribution in [0.2, 0.25) is 0 Å². The van der Waals surface area contributed by atoms with E-state index in [1.807, 2.05) is 49.5 Å². The molecule has 0 saturated heterocycles. The summed E-state index contributed by atoms with van der Waals surface area (Å²) >= 11 is 0. The van der Waals surface area contributed by atoms with Gasteiger partial charge < -0.3 is 18.9 Å². The van der Waals surface area contributed by atoms with Gasteiger partial charge in [0, 0.05) is 19.3 Å². The van der Waals surface area contributed by atoms with Crippen LogP contribution in [0.5, 0.6) is 11.5 Å². The lowest BCUT2D eigenvalue weighted by molar-refractivity contribution is -0.136. The Hall–Kier alpha value is -3.35. The maximum absolute atomic E-state index is 13.7. The third-order valence-electron chi connectivity index (χ3n) is 6.03. The number of aromatic nitrogens is 2. The molecule has 0 spiro atoms. The summed E-state index contributed by atoms with van der Waals surface area (Å²) in [6.07, 6.45) is 5.36. The second kappa shape index (κ2) is 8.79.